The molecule has 0 bridgehead atoms. The monoisotopic (exact) mass is 766 g/mol. The van der Waals surface area contributed by atoms with Gasteiger partial charge in [0.05, 0.1) is 11.3 Å². The van der Waals surface area contributed by atoms with Gasteiger partial charge >= 0.3 is 11.9 Å². The van der Waals surface area contributed by atoms with Crippen molar-refractivity contribution in [1.82, 2.24) is 0 Å². The molecule has 8 rings (SSSR count). The van der Waals surface area contributed by atoms with Gasteiger partial charge in [0.1, 0.15) is 33.3 Å². The summed E-state index contributed by atoms with van der Waals surface area (Å²) in [7, 11) is -0.874. The largest absolute Gasteiger partial charge is 0.447 e. The second-order valence-corrected chi connectivity index (χ2v) is 18.3. The van der Waals surface area contributed by atoms with Gasteiger partial charge in [-0.15, -0.1) is 0 Å². The topological polar surface area (TPSA) is 71.1 Å². The van der Waals surface area contributed by atoms with Gasteiger partial charge in [-0.25, -0.2) is 0 Å². The number of rotatable bonds is 9. The number of fused-ring (bicyclic) bond motifs is 4. The van der Waals surface area contributed by atoms with E-state index in [-0.39, 0.29) is 17.9 Å². The third kappa shape index (κ3) is 7.12. The smallest absolute Gasteiger partial charge is 0.316 e. The van der Waals surface area contributed by atoms with Crippen molar-refractivity contribution < 1.29 is 28.5 Å². The minimum atomic E-state index is -0.550. The van der Waals surface area contributed by atoms with Crippen molar-refractivity contribution in [3.63, 3.8) is 0 Å². The van der Waals surface area contributed by atoms with Gasteiger partial charge in [-0.05, 0) is 147 Å². The van der Waals surface area contributed by atoms with Crippen molar-refractivity contribution in [1.29, 1.82) is 0 Å². The Morgan fingerprint density at radius 1 is 0.582 bits per heavy atom. The van der Waals surface area contributed by atoms with Crippen LogP contribution in [0.5, 0.6) is 34.5 Å². The molecular weight excluding hydrogens is 725 g/mol. The first kappa shape index (κ1) is 36.5. The highest BCUT2D eigenvalue weighted by Gasteiger charge is 2.41. The fraction of sp³-hybridized carbons (Fsp3) is 0.191. The first-order chi connectivity index (χ1) is 26.6. The quantitative estimate of drug-likeness (QED) is 0.0828. The van der Waals surface area contributed by atoms with E-state index >= 15 is 0 Å². The number of hydrogen-bond donors (Lipinski definition) is 0. The van der Waals surface area contributed by atoms with Crippen LogP contribution in [0.1, 0.15) is 47.5 Å². The van der Waals surface area contributed by atoms with E-state index in [2.05, 4.69) is 48.5 Å². The molecule has 2 aliphatic heterocycles. The Kier molecular flexibility index (Phi) is 9.97. The van der Waals surface area contributed by atoms with E-state index in [0.29, 0.717) is 17.9 Å². The molecule has 0 spiro atoms. The maximum absolute atomic E-state index is 12.8. The summed E-state index contributed by atoms with van der Waals surface area (Å²) in [5.41, 5.74) is 1.48. The molecule has 8 heteroatoms. The Bertz CT molecular complexity index is 2400. The van der Waals surface area contributed by atoms with Gasteiger partial charge in [0.15, 0.2) is 32.8 Å². The summed E-state index contributed by atoms with van der Waals surface area (Å²) in [5.74, 6) is 3.74. The van der Waals surface area contributed by atoms with Gasteiger partial charge in [-0.3, -0.25) is 9.59 Å². The Morgan fingerprint density at radius 2 is 1.02 bits per heavy atom. The number of para-hydroxylation sites is 2. The molecule has 0 aromatic heterocycles. The van der Waals surface area contributed by atoms with Crippen LogP contribution in [0, 0.1) is 11.3 Å². The molecule has 0 amide bonds. The minimum Gasteiger partial charge on any atom is -0.447 e. The zero-order valence-corrected chi connectivity index (χ0v) is 33.1. The predicted molar refractivity (Wildman–Crippen MR) is 217 cm³/mol. The number of ether oxygens (including phenoxy) is 4. The van der Waals surface area contributed by atoms with Crippen molar-refractivity contribution in [2.45, 2.75) is 76.8 Å². The van der Waals surface area contributed by atoms with Crippen LogP contribution in [0.2, 0.25) is 0 Å². The van der Waals surface area contributed by atoms with E-state index in [1.54, 1.807) is 0 Å². The van der Waals surface area contributed by atoms with Crippen LogP contribution in [0.25, 0.3) is 11.1 Å². The van der Waals surface area contributed by atoms with E-state index in [0.717, 1.165) is 69.9 Å². The van der Waals surface area contributed by atoms with Crippen LogP contribution in [-0.2, 0) is 31.4 Å². The van der Waals surface area contributed by atoms with Crippen molar-refractivity contribution in [2.24, 2.45) is 11.3 Å². The highest BCUT2D eigenvalue weighted by molar-refractivity contribution is 7.97. The molecule has 0 aliphatic carbocycles. The molecule has 6 aromatic rings. The van der Waals surface area contributed by atoms with Crippen LogP contribution < -0.4 is 18.9 Å². The lowest BCUT2D eigenvalue weighted by molar-refractivity contribution is -0.144. The van der Waals surface area contributed by atoms with E-state index in [4.69, 9.17) is 18.9 Å². The fourth-order valence-corrected chi connectivity index (χ4v) is 10.7. The van der Waals surface area contributed by atoms with Gasteiger partial charge in [-0.1, -0.05) is 45.0 Å². The SMILES string of the molecule is CCC(C)C(=O)Oc1ccc([S+]2c3ccccc3Oc3cc(-c4ccc5c(c4)Oc4ccccc4[S+]5c4ccc(OC(=O)C(C)(C)CC)cc4)ccc32)cc1. The molecule has 0 saturated heterocycles. The third-order valence-corrected chi connectivity index (χ3v) is 14.8. The van der Waals surface area contributed by atoms with Crippen molar-refractivity contribution in [3.05, 3.63) is 133 Å². The molecular formula is C47H42O6S2+2. The number of carbonyl (C=O) groups excluding carboxylic acids is 2. The number of hydrogen-bond acceptors (Lipinski definition) is 6. The minimum absolute atomic E-state index is 0.153. The first-order valence-electron chi connectivity index (χ1n) is 18.6. The lowest BCUT2D eigenvalue weighted by Crippen LogP contribution is -2.28. The number of benzene rings is 6. The second-order valence-electron chi connectivity index (χ2n) is 14.3. The van der Waals surface area contributed by atoms with Crippen molar-refractivity contribution >= 4 is 33.7 Å². The van der Waals surface area contributed by atoms with Crippen LogP contribution in [-0.4, -0.2) is 11.9 Å². The Hall–Kier alpha value is -5.44. The molecule has 3 unspecified atom stereocenters. The average Bonchev–Trinajstić information content (AvgIpc) is 3.21. The molecule has 0 fully saturated rings. The summed E-state index contributed by atoms with van der Waals surface area (Å²) < 4.78 is 24.6. The summed E-state index contributed by atoms with van der Waals surface area (Å²) in [6.45, 7) is 9.66. The maximum atomic E-state index is 12.8. The third-order valence-electron chi connectivity index (χ3n) is 10.2. The molecule has 2 aliphatic rings. The highest BCUT2D eigenvalue weighted by atomic mass is 32.2. The standard InChI is InChI=1S/C47H42O6S2/c1-6-30(3)45(48)50-33-18-22-35(23-19-33)54-41-14-10-8-12-37(41)52-39-28-31(16-26-43(39)54)32-17-27-44-40(29-32)53-38-13-9-11-15-42(38)55(44)36-24-20-34(21-25-36)51-46(49)47(4,5)7-2/h8-30H,6-7H2,1-5H3/q+2. The van der Waals surface area contributed by atoms with Gasteiger partial charge in [-0.2, -0.15) is 0 Å². The van der Waals surface area contributed by atoms with Crippen LogP contribution in [0.3, 0.4) is 0 Å². The lowest BCUT2D eigenvalue weighted by Gasteiger charge is -2.22. The van der Waals surface area contributed by atoms with Gasteiger partial charge in [0.2, 0.25) is 19.6 Å². The van der Waals surface area contributed by atoms with Crippen LogP contribution >= 0.6 is 0 Å². The van der Waals surface area contributed by atoms with Crippen LogP contribution in [0.4, 0.5) is 0 Å². The molecule has 0 N–H and O–H groups in total. The van der Waals surface area contributed by atoms with Gasteiger partial charge < -0.3 is 18.9 Å². The zero-order valence-electron chi connectivity index (χ0n) is 31.5. The summed E-state index contributed by atoms with van der Waals surface area (Å²) in [4.78, 5) is 31.8. The summed E-state index contributed by atoms with van der Waals surface area (Å²) >= 11 is 0. The lowest BCUT2D eigenvalue weighted by atomic mass is 9.91. The van der Waals surface area contributed by atoms with E-state index in [9.17, 15) is 9.59 Å². The van der Waals surface area contributed by atoms with E-state index in [1.807, 2.05) is 120 Å². The van der Waals surface area contributed by atoms with Crippen LogP contribution in [0.15, 0.2) is 163 Å². The van der Waals surface area contributed by atoms with Gasteiger partial charge in [0, 0.05) is 0 Å². The molecule has 3 atom stereocenters. The van der Waals surface area contributed by atoms with E-state index in [1.165, 1.54) is 0 Å². The number of esters is 2. The first-order valence-corrected chi connectivity index (χ1v) is 21.0. The molecule has 0 saturated carbocycles. The fourth-order valence-electron chi connectivity index (χ4n) is 6.32. The Morgan fingerprint density at radius 3 is 1.47 bits per heavy atom. The van der Waals surface area contributed by atoms with Crippen molar-refractivity contribution in [2.75, 3.05) is 0 Å². The summed E-state index contributed by atoms with van der Waals surface area (Å²) in [6.07, 6.45) is 1.43. The molecule has 6 aromatic carbocycles. The maximum Gasteiger partial charge on any atom is 0.316 e. The predicted octanol–water partition coefficient (Wildman–Crippen LogP) is 12.0. The number of carbonyl (C=O) groups is 2. The second kappa shape index (κ2) is 15.0. The Balaban J connectivity index is 1.11. The zero-order chi connectivity index (χ0) is 38.3. The van der Waals surface area contributed by atoms with E-state index < -0.39 is 27.2 Å². The highest BCUT2D eigenvalue weighted by Crippen LogP contribution is 2.51. The Labute approximate surface area is 328 Å². The normalized spacial score (nSPS) is 15.9. The molecule has 2 heterocycles. The summed E-state index contributed by atoms with van der Waals surface area (Å²) in [5, 5.41) is 0. The summed E-state index contributed by atoms with van der Waals surface area (Å²) in [6, 6.07) is 44.9. The molecule has 55 heavy (non-hydrogen) atoms. The molecule has 0 radical (unpaired) electrons. The molecule has 276 valence electrons. The van der Waals surface area contributed by atoms with Crippen molar-refractivity contribution in [3.8, 4) is 45.6 Å². The van der Waals surface area contributed by atoms with Gasteiger partial charge in [0.25, 0.3) is 0 Å². The average molecular weight is 767 g/mol. The molecule has 6 nitrogen and oxygen atoms in total.